The fourth-order valence-electron chi connectivity index (χ4n) is 2.18. The molecule has 2 rings (SSSR count). The molecule has 2 unspecified atom stereocenters. The average Bonchev–Trinajstić information content (AvgIpc) is 2.89. The summed E-state index contributed by atoms with van der Waals surface area (Å²) in [5.74, 6) is 0. The highest BCUT2D eigenvalue weighted by Gasteiger charge is 2.42. The molecule has 0 spiro atoms. The lowest BCUT2D eigenvalue weighted by Crippen LogP contribution is -2.47. The van der Waals surface area contributed by atoms with Crippen molar-refractivity contribution >= 4 is 6.03 Å². The van der Waals surface area contributed by atoms with Crippen LogP contribution in [0.25, 0.3) is 0 Å². The molecule has 17 heavy (non-hydrogen) atoms. The summed E-state index contributed by atoms with van der Waals surface area (Å²) in [6.07, 6.45) is 4.25. The third-order valence-corrected chi connectivity index (χ3v) is 3.80. The van der Waals surface area contributed by atoms with Gasteiger partial charge < -0.3 is 20.5 Å². The van der Waals surface area contributed by atoms with E-state index in [-0.39, 0.29) is 30.2 Å². The average molecular weight is 242 g/mol. The number of nitrogens with one attached hydrogen (secondary N) is 2. The van der Waals surface area contributed by atoms with Gasteiger partial charge in [-0.25, -0.2) is 4.79 Å². The van der Waals surface area contributed by atoms with Gasteiger partial charge in [0.1, 0.15) is 0 Å². The zero-order chi connectivity index (χ0) is 12.3. The van der Waals surface area contributed by atoms with Crippen molar-refractivity contribution in [3.63, 3.8) is 0 Å². The minimum atomic E-state index is -0.160. The number of ether oxygens (including phenoxy) is 1. The van der Waals surface area contributed by atoms with E-state index in [2.05, 4.69) is 10.6 Å². The molecule has 1 aliphatic heterocycles. The van der Waals surface area contributed by atoms with Crippen LogP contribution in [-0.2, 0) is 4.74 Å². The smallest absolute Gasteiger partial charge is 0.315 e. The lowest BCUT2D eigenvalue weighted by atomic mass is 10.1. The summed E-state index contributed by atoms with van der Waals surface area (Å²) in [5, 5.41) is 14.8. The number of rotatable bonds is 5. The Morgan fingerprint density at radius 2 is 2.35 bits per heavy atom. The maximum atomic E-state index is 11.6. The number of hydrogen-bond acceptors (Lipinski definition) is 3. The summed E-state index contributed by atoms with van der Waals surface area (Å²) in [4.78, 5) is 11.6. The molecule has 0 bridgehead atoms. The SMILES string of the molecule is CC(NC(=O)NCC1(CO)CC1)C1CCCO1. The van der Waals surface area contributed by atoms with E-state index in [1.54, 1.807) is 0 Å². The van der Waals surface area contributed by atoms with Crippen LogP contribution < -0.4 is 10.6 Å². The van der Waals surface area contributed by atoms with E-state index >= 15 is 0 Å². The highest BCUT2D eigenvalue weighted by atomic mass is 16.5. The molecular weight excluding hydrogens is 220 g/mol. The highest BCUT2D eigenvalue weighted by Crippen LogP contribution is 2.44. The second kappa shape index (κ2) is 5.23. The summed E-state index contributed by atoms with van der Waals surface area (Å²) >= 11 is 0. The number of hydrogen-bond donors (Lipinski definition) is 3. The molecule has 1 heterocycles. The fourth-order valence-corrected chi connectivity index (χ4v) is 2.18. The highest BCUT2D eigenvalue weighted by molar-refractivity contribution is 5.74. The molecule has 1 saturated heterocycles. The zero-order valence-electron chi connectivity index (χ0n) is 10.4. The van der Waals surface area contributed by atoms with Crippen LogP contribution in [0, 0.1) is 5.41 Å². The van der Waals surface area contributed by atoms with Gasteiger partial charge in [0.2, 0.25) is 0 Å². The van der Waals surface area contributed by atoms with Crippen LogP contribution in [0.1, 0.15) is 32.6 Å². The van der Waals surface area contributed by atoms with Crippen LogP contribution in [0.4, 0.5) is 4.79 Å². The maximum absolute atomic E-state index is 11.6. The van der Waals surface area contributed by atoms with Gasteiger partial charge in [0.15, 0.2) is 0 Å². The Morgan fingerprint density at radius 3 is 2.88 bits per heavy atom. The Balaban J connectivity index is 1.66. The Hall–Kier alpha value is -0.810. The van der Waals surface area contributed by atoms with Gasteiger partial charge in [0.05, 0.1) is 18.8 Å². The molecule has 0 aromatic carbocycles. The molecule has 3 N–H and O–H groups in total. The van der Waals surface area contributed by atoms with Crippen LogP contribution in [-0.4, -0.2) is 43.0 Å². The Bertz CT molecular complexity index is 273. The Morgan fingerprint density at radius 1 is 1.59 bits per heavy atom. The molecule has 98 valence electrons. The Labute approximate surface area is 102 Å². The number of carbonyl (C=O) groups excluding carboxylic acids is 1. The number of aliphatic hydroxyl groups excluding tert-OH is 1. The summed E-state index contributed by atoms with van der Waals surface area (Å²) in [5.41, 5.74) is -0.0373. The van der Waals surface area contributed by atoms with Gasteiger partial charge >= 0.3 is 6.03 Å². The van der Waals surface area contributed by atoms with E-state index < -0.39 is 0 Å². The molecule has 5 heteroatoms. The molecule has 5 nitrogen and oxygen atoms in total. The quantitative estimate of drug-likeness (QED) is 0.662. The lowest BCUT2D eigenvalue weighted by Gasteiger charge is -2.21. The summed E-state index contributed by atoms with van der Waals surface area (Å²) in [7, 11) is 0. The van der Waals surface area contributed by atoms with Gasteiger partial charge in [-0.15, -0.1) is 0 Å². The van der Waals surface area contributed by atoms with Crippen molar-refractivity contribution < 1.29 is 14.6 Å². The predicted octanol–water partition coefficient (Wildman–Crippen LogP) is 0.626. The topological polar surface area (TPSA) is 70.6 Å². The van der Waals surface area contributed by atoms with Gasteiger partial charge in [-0.2, -0.15) is 0 Å². The first-order valence-corrected chi connectivity index (χ1v) is 6.42. The number of carbonyl (C=O) groups is 1. The van der Waals surface area contributed by atoms with Crippen LogP contribution >= 0.6 is 0 Å². The molecule has 2 fully saturated rings. The normalized spacial score (nSPS) is 27.5. The molecule has 0 radical (unpaired) electrons. The molecular formula is C12H22N2O3. The third kappa shape index (κ3) is 3.33. The monoisotopic (exact) mass is 242 g/mol. The van der Waals surface area contributed by atoms with Crippen LogP contribution in [0.5, 0.6) is 0 Å². The van der Waals surface area contributed by atoms with E-state index in [4.69, 9.17) is 9.84 Å². The predicted molar refractivity (Wildman–Crippen MR) is 63.7 cm³/mol. The van der Waals surface area contributed by atoms with Crippen molar-refractivity contribution in [3.05, 3.63) is 0 Å². The van der Waals surface area contributed by atoms with Crippen LogP contribution in [0.2, 0.25) is 0 Å². The molecule has 2 atom stereocenters. The molecule has 1 saturated carbocycles. The molecule has 0 aromatic rings. The minimum Gasteiger partial charge on any atom is -0.396 e. The van der Waals surface area contributed by atoms with Crippen molar-refractivity contribution in [1.82, 2.24) is 10.6 Å². The van der Waals surface area contributed by atoms with E-state index in [9.17, 15) is 4.79 Å². The standard InChI is InChI=1S/C12H22N2O3/c1-9(10-3-2-6-17-10)14-11(16)13-7-12(8-15)4-5-12/h9-10,15H,2-8H2,1H3,(H2,13,14,16). The van der Waals surface area contributed by atoms with E-state index in [1.165, 1.54) is 0 Å². The van der Waals surface area contributed by atoms with Gasteiger partial charge in [0.25, 0.3) is 0 Å². The number of urea groups is 1. The second-order valence-electron chi connectivity index (χ2n) is 5.33. The lowest BCUT2D eigenvalue weighted by molar-refractivity contribution is 0.0858. The van der Waals surface area contributed by atoms with Crippen LogP contribution in [0.15, 0.2) is 0 Å². The first-order valence-electron chi connectivity index (χ1n) is 6.42. The molecule has 1 aliphatic carbocycles. The van der Waals surface area contributed by atoms with Crippen molar-refractivity contribution in [2.24, 2.45) is 5.41 Å². The van der Waals surface area contributed by atoms with E-state index in [1.807, 2.05) is 6.92 Å². The zero-order valence-corrected chi connectivity index (χ0v) is 10.4. The van der Waals surface area contributed by atoms with Crippen molar-refractivity contribution in [3.8, 4) is 0 Å². The van der Waals surface area contributed by atoms with E-state index in [0.717, 1.165) is 32.3 Å². The van der Waals surface area contributed by atoms with Crippen LogP contribution in [0.3, 0.4) is 0 Å². The maximum Gasteiger partial charge on any atom is 0.315 e. The largest absolute Gasteiger partial charge is 0.396 e. The minimum absolute atomic E-state index is 0.0373. The van der Waals surface area contributed by atoms with Gasteiger partial charge in [-0.3, -0.25) is 0 Å². The summed E-state index contributed by atoms with van der Waals surface area (Å²) in [6.45, 7) is 3.49. The summed E-state index contributed by atoms with van der Waals surface area (Å²) in [6, 6.07) is -0.116. The Kier molecular flexibility index (Phi) is 3.89. The molecule has 0 aromatic heterocycles. The van der Waals surface area contributed by atoms with Gasteiger partial charge in [-0.05, 0) is 32.6 Å². The number of aliphatic hydroxyl groups is 1. The first-order chi connectivity index (χ1) is 8.15. The van der Waals surface area contributed by atoms with Crippen molar-refractivity contribution in [2.45, 2.75) is 44.8 Å². The second-order valence-corrected chi connectivity index (χ2v) is 5.33. The van der Waals surface area contributed by atoms with Gasteiger partial charge in [0, 0.05) is 18.6 Å². The number of amides is 2. The molecule has 2 amide bonds. The first kappa shape index (κ1) is 12.6. The van der Waals surface area contributed by atoms with E-state index in [0.29, 0.717) is 6.54 Å². The molecule has 2 aliphatic rings. The van der Waals surface area contributed by atoms with Crippen molar-refractivity contribution in [2.75, 3.05) is 19.8 Å². The van der Waals surface area contributed by atoms with Crippen molar-refractivity contribution in [1.29, 1.82) is 0 Å². The summed E-state index contributed by atoms with van der Waals surface area (Å²) < 4.78 is 5.51. The fraction of sp³-hybridized carbons (Fsp3) is 0.917. The van der Waals surface area contributed by atoms with Gasteiger partial charge in [-0.1, -0.05) is 0 Å². The third-order valence-electron chi connectivity index (χ3n) is 3.80.